The monoisotopic (exact) mass is 383 g/mol. The number of rotatable bonds is 8. The summed E-state index contributed by atoms with van der Waals surface area (Å²) < 4.78 is 32.5. The lowest BCUT2D eigenvalue weighted by atomic mass is 10.1. The molecule has 2 aromatic carbocycles. The Morgan fingerprint density at radius 3 is 2.75 bits per heavy atom. The van der Waals surface area contributed by atoms with Crippen LogP contribution in [0.5, 0.6) is 5.75 Å². The zero-order valence-electron chi connectivity index (χ0n) is 16.0. The Hall–Kier alpha value is -2.37. The SMILES string of the molecule is Fc1ccc(CCOc2ccc3ccn(CCOC4CCCCO4)c3c2)cc1. The second-order valence-electron chi connectivity index (χ2n) is 7.12. The molecule has 5 heteroatoms. The van der Waals surface area contributed by atoms with Gasteiger partial charge < -0.3 is 18.8 Å². The molecule has 1 aliphatic rings. The van der Waals surface area contributed by atoms with Crippen LogP contribution in [0, 0.1) is 5.82 Å². The smallest absolute Gasteiger partial charge is 0.157 e. The van der Waals surface area contributed by atoms with Crippen molar-refractivity contribution in [3.8, 4) is 5.75 Å². The maximum Gasteiger partial charge on any atom is 0.157 e. The van der Waals surface area contributed by atoms with Crippen LogP contribution in [-0.2, 0) is 22.4 Å². The molecule has 0 saturated carbocycles. The van der Waals surface area contributed by atoms with Crippen molar-refractivity contribution < 1.29 is 18.6 Å². The van der Waals surface area contributed by atoms with E-state index in [1.807, 2.05) is 6.07 Å². The standard InChI is InChI=1S/C23H26FNO3/c24-20-7-4-18(5-8-20)11-15-26-21-9-6-19-10-12-25(22(19)17-21)13-16-28-23-3-1-2-14-27-23/h4-10,12,17,23H,1-3,11,13-16H2. The minimum Gasteiger partial charge on any atom is -0.493 e. The fraction of sp³-hybridized carbons (Fsp3) is 0.391. The first-order chi connectivity index (χ1) is 13.8. The van der Waals surface area contributed by atoms with Crippen molar-refractivity contribution >= 4 is 10.9 Å². The molecule has 4 rings (SSSR count). The maximum absolute atomic E-state index is 13.0. The molecule has 28 heavy (non-hydrogen) atoms. The average molecular weight is 383 g/mol. The number of fused-ring (bicyclic) bond motifs is 1. The largest absolute Gasteiger partial charge is 0.493 e. The van der Waals surface area contributed by atoms with Crippen molar-refractivity contribution in [2.75, 3.05) is 19.8 Å². The second-order valence-corrected chi connectivity index (χ2v) is 7.12. The van der Waals surface area contributed by atoms with E-state index in [0.29, 0.717) is 13.2 Å². The van der Waals surface area contributed by atoms with E-state index in [9.17, 15) is 4.39 Å². The molecule has 1 saturated heterocycles. The van der Waals surface area contributed by atoms with Crippen LogP contribution in [0.25, 0.3) is 10.9 Å². The number of hydrogen-bond acceptors (Lipinski definition) is 3. The fourth-order valence-electron chi connectivity index (χ4n) is 3.51. The molecule has 0 bridgehead atoms. The van der Waals surface area contributed by atoms with Gasteiger partial charge in [-0.2, -0.15) is 0 Å². The Morgan fingerprint density at radius 1 is 1.04 bits per heavy atom. The normalized spacial score (nSPS) is 17.1. The zero-order chi connectivity index (χ0) is 19.2. The van der Waals surface area contributed by atoms with Crippen LogP contribution in [0.3, 0.4) is 0 Å². The van der Waals surface area contributed by atoms with E-state index in [2.05, 4.69) is 29.0 Å². The van der Waals surface area contributed by atoms with Gasteiger partial charge in [0.05, 0.1) is 18.7 Å². The van der Waals surface area contributed by atoms with Gasteiger partial charge in [0.25, 0.3) is 0 Å². The number of aromatic nitrogens is 1. The molecule has 0 radical (unpaired) electrons. The number of halogens is 1. The quantitative estimate of drug-likeness (QED) is 0.552. The third-order valence-electron chi connectivity index (χ3n) is 5.09. The van der Waals surface area contributed by atoms with Crippen molar-refractivity contribution in [2.45, 2.75) is 38.5 Å². The van der Waals surface area contributed by atoms with Crippen LogP contribution < -0.4 is 4.74 Å². The molecule has 4 nitrogen and oxygen atoms in total. The Labute approximate surface area is 164 Å². The minimum atomic E-state index is -0.213. The van der Waals surface area contributed by atoms with E-state index < -0.39 is 0 Å². The summed E-state index contributed by atoms with van der Waals surface area (Å²) in [5.41, 5.74) is 2.19. The number of benzene rings is 2. The van der Waals surface area contributed by atoms with Crippen LogP contribution in [0.15, 0.2) is 54.7 Å². The molecule has 2 heterocycles. The Bertz CT molecular complexity index is 885. The summed E-state index contributed by atoms with van der Waals surface area (Å²) in [6.45, 7) is 2.77. The van der Waals surface area contributed by atoms with E-state index in [0.717, 1.165) is 49.2 Å². The van der Waals surface area contributed by atoms with Crippen molar-refractivity contribution in [2.24, 2.45) is 0 Å². The lowest BCUT2D eigenvalue weighted by molar-refractivity contribution is -0.163. The van der Waals surface area contributed by atoms with Gasteiger partial charge in [0.1, 0.15) is 11.6 Å². The number of hydrogen-bond donors (Lipinski definition) is 0. The Balaban J connectivity index is 1.32. The topological polar surface area (TPSA) is 32.6 Å². The first kappa shape index (κ1) is 19.0. The predicted molar refractivity (Wildman–Crippen MR) is 107 cm³/mol. The summed E-state index contributed by atoms with van der Waals surface area (Å²) in [7, 11) is 0. The van der Waals surface area contributed by atoms with Crippen LogP contribution in [0.2, 0.25) is 0 Å². The van der Waals surface area contributed by atoms with E-state index >= 15 is 0 Å². The number of ether oxygens (including phenoxy) is 3. The van der Waals surface area contributed by atoms with Crippen molar-refractivity contribution in [1.29, 1.82) is 0 Å². The molecular weight excluding hydrogens is 357 g/mol. The third-order valence-corrected chi connectivity index (χ3v) is 5.09. The first-order valence-electron chi connectivity index (χ1n) is 9.97. The highest BCUT2D eigenvalue weighted by atomic mass is 19.1. The predicted octanol–water partition coefficient (Wildman–Crippen LogP) is 4.95. The van der Waals surface area contributed by atoms with Crippen molar-refractivity contribution in [3.05, 3.63) is 66.1 Å². The Kier molecular flexibility index (Phi) is 6.24. The summed E-state index contributed by atoms with van der Waals surface area (Å²) in [4.78, 5) is 0. The summed E-state index contributed by atoms with van der Waals surface area (Å²) in [5.74, 6) is 0.626. The highest BCUT2D eigenvalue weighted by Gasteiger charge is 2.13. The first-order valence-corrected chi connectivity index (χ1v) is 9.97. The van der Waals surface area contributed by atoms with E-state index in [1.54, 1.807) is 12.1 Å². The molecule has 148 valence electrons. The molecule has 0 amide bonds. The van der Waals surface area contributed by atoms with Gasteiger partial charge in [-0.25, -0.2) is 4.39 Å². The van der Waals surface area contributed by atoms with E-state index in [-0.39, 0.29) is 12.1 Å². The van der Waals surface area contributed by atoms with Gasteiger partial charge in [-0.15, -0.1) is 0 Å². The zero-order valence-corrected chi connectivity index (χ0v) is 16.0. The maximum atomic E-state index is 13.0. The van der Waals surface area contributed by atoms with Crippen LogP contribution >= 0.6 is 0 Å². The van der Waals surface area contributed by atoms with E-state index in [4.69, 9.17) is 14.2 Å². The third kappa shape index (κ3) is 4.91. The highest BCUT2D eigenvalue weighted by molar-refractivity contribution is 5.81. The van der Waals surface area contributed by atoms with Crippen molar-refractivity contribution in [1.82, 2.24) is 4.57 Å². The molecule has 0 aliphatic carbocycles. The molecule has 1 aliphatic heterocycles. The molecule has 0 N–H and O–H groups in total. The minimum absolute atomic E-state index is 0.0547. The van der Waals surface area contributed by atoms with Gasteiger partial charge in [0, 0.05) is 31.8 Å². The molecule has 1 atom stereocenters. The fourth-order valence-corrected chi connectivity index (χ4v) is 3.51. The van der Waals surface area contributed by atoms with Gasteiger partial charge in [-0.05, 0) is 60.5 Å². The molecule has 3 aromatic rings. The highest BCUT2D eigenvalue weighted by Crippen LogP contribution is 2.23. The Morgan fingerprint density at radius 2 is 1.93 bits per heavy atom. The van der Waals surface area contributed by atoms with Crippen molar-refractivity contribution in [3.63, 3.8) is 0 Å². The summed E-state index contributed by atoms with van der Waals surface area (Å²) in [6.07, 6.45) is 6.06. The molecule has 1 aromatic heterocycles. The van der Waals surface area contributed by atoms with Crippen LogP contribution in [0.1, 0.15) is 24.8 Å². The lowest BCUT2D eigenvalue weighted by Crippen LogP contribution is -2.23. The summed E-state index contributed by atoms with van der Waals surface area (Å²) in [6, 6.07) is 14.8. The summed E-state index contributed by atoms with van der Waals surface area (Å²) in [5, 5.41) is 1.18. The molecular formula is C23H26FNO3. The van der Waals surface area contributed by atoms with Gasteiger partial charge in [-0.1, -0.05) is 12.1 Å². The number of nitrogens with zero attached hydrogens (tertiary/aromatic N) is 1. The molecule has 0 spiro atoms. The van der Waals surface area contributed by atoms with Gasteiger partial charge >= 0.3 is 0 Å². The average Bonchev–Trinajstić information content (AvgIpc) is 3.13. The second kappa shape index (κ2) is 9.22. The molecule has 1 unspecified atom stereocenters. The van der Waals surface area contributed by atoms with Crippen LogP contribution in [0.4, 0.5) is 4.39 Å². The van der Waals surface area contributed by atoms with Gasteiger partial charge in [0.2, 0.25) is 0 Å². The van der Waals surface area contributed by atoms with Gasteiger partial charge in [-0.3, -0.25) is 0 Å². The lowest BCUT2D eigenvalue weighted by Gasteiger charge is -2.22. The van der Waals surface area contributed by atoms with Gasteiger partial charge in [0.15, 0.2) is 6.29 Å². The summed E-state index contributed by atoms with van der Waals surface area (Å²) >= 11 is 0. The van der Waals surface area contributed by atoms with E-state index in [1.165, 1.54) is 23.9 Å². The van der Waals surface area contributed by atoms with Crippen LogP contribution in [-0.4, -0.2) is 30.7 Å². The molecule has 1 fully saturated rings.